The van der Waals surface area contributed by atoms with Gasteiger partial charge in [-0.2, -0.15) is 5.26 Å². The topological polar surface area (TPSA) is 88.8 Å². The van der Waals surface area contributed by atoms with Crippen LogP contribution in [-0.4, -0.2) is 13.3 Å². The number of nitrogens with zero attached hydrogens (tertiary/aromatic N) is 5. The highest BCUT2D eigenvalue weighted by atomic mass is 15.4. The van der Waals surface area contributed by atoms with Gasteiger partial charge in [0.25, 0.3) is 0 Å². The van der Waals surface area contributed by atoms with Crippen molar-refractivity contribution in [2.45, 2.75) is 0 Å². The second-order valence-corrected chi connectivity index (χ2v) is 19.3. The molecule has 11 aromatic carbocycles. The first-order chi connectivity index (χ1) is 37.5. The minimum atomic E-state index is 0.542. The molecule has 0 spiro atoms. The maximum atomic E-state index is 11.7. The quantitative estimate of drug-likeness (QED) is 0.132. The van der Waals surface area contributed by atoms with Crippen molar-refractivity contribution in [3.05, 3.63) is 266 Å². The number of fused-ring (bicyclic) bond motifs is 2. The van der Waals surface area contributed by atoms with Crippen molar-refractivity contribution in [1.29, 1.82) is 5.26 Å². The van der Waals surface area contributed by atoms with E-state index in [0.717, 1.165) is 112 Å². The molecule has 0 atom stereocenters. The van der Waals surface area contributed by atoms with Crippen LogP contribution in [-0.2, 0) is 0 Å². The van der Waals surface area contributed by atoms with E-state index in [1.807, 2.05) is 72.8 Å². The molecule has 4 N–H and O–H groups in total. The van der Waals surface area contributed by atoms with Crippen LogP contribution in [0, 0.1) is 11.3 Å². The zero-order valence-corrected chi connectivity index (χ0v) is 41.6. The SMILES string of the molecule is N#Cc1c(-c2ccccc2)c(-c2ccc(N)c(N3CN(c4ccccc4)c4ccc(-c5ccccc5)cc43)c2)cc(-c2ccc(N)c(N3CN(c4ccccc4)c4ccc(-c5ccccc5)cc43)c2)c1-c1ccccc1. The van der Waals surface area contributed by atoms with Gasteiger partial charge in [0.1, 0.15) is 19.4 Å². The Morgan fingerprint density at radius 3 is 0.987 bits per heavy atom. The number of hydrogen-bond acceptors (Lipinski definition) is 7. The Kier molecular flexibility index (Phi) is 11.6. The molecule has 0 aliphatic carbocycles. The molecule has 76 heavy (non-hydrogen) atoms. The number of benzene rings is 11. The van der Waals surface area contributed by atoms with Crippen molar-refractivity contribution in [3.63, 3.8) is 0 Å². The first kappa shape index (κ1) is 45.6. The van der Waals surface area contributed by atoms with Crippen LogP contribution in [0.15, 0.2) is 261 Å². The summed E-state index contributed by atoms with van der Waals surface area (Å²) < 4.78 is 0. The summed E-state index contributed by atoms with van der Waals surface area (Å²) in [4.78, 5) is 9.32. The van der Waals surface area contributed by atoms with E-state index < -0.39 is 0 Å². The molecule has 0 unspecified atom stereocenters. The third-order valence-corrected chi connectivity index (χ3v) is 14.9. The number of nitriles is 1. The highest BCUT2D eigenvalue weighted by Crippen LogP contribution is 2.52. The molecule has 0 radical (unpaired) electrons. The van der Waals surface area contributed by atoms with Gasteiger partial charge < -0.3 is 31.1 Å². The average molecular weight is 978 g/mol. The van der Waals surface area contributed by atoms with Gasteiger partial charge in [-0.25, -0.2) is 0 Å². The molecule has 0 saturated heterocycles. The van der Waals surface area contributed by atoms with Crippen LogP contribution >= 0.6 is 0 Å². The van der Waals surface area contributed by atoms with E-state index in [9.17, 15) is 5.26 Å². The molecule has 2 aliphatic rings. The molecule has 13 rings (SSSR count). The maximum absolute atomic E-state index is 11.7. The minimum absolute atomic E-state index is 0.542. The molecule has 11 aromatic rings. The molecule has 0 fully saturated rings. The number of nitrogen functional groups attached to an aromatic ring is 2. The number of anilines is 10. The summed E-state index contributed by atoms with van der Waals surface area (Å²) in [7, 11) is 0. The number of nitrogens with two attached hydrogens (primary N) is 2. The Hall–Kier alpha value is -10.3. The fourth-order valence-corrected chi connectivity index (χ4v) is 11.2. The molecule has 0 bridgehead atoms. The highest BCUT2D eigenvalue weighted by Gasteiger charge is 2.33. The monoisotopic (exact) mass is 977 g/mol. The van der Waals surface area contributed by atoms with Crippen molar-refractivity contribution in [3.8, 4) is 72.8 Å². The van der Waals surface area contributed by atoms with Gasteiger partial charge >= 0.3 is 0 Å². The van der Waals surface area contributed by atoms with Gasteiger partial charge in [-0.05, 0) is 134 Å². The third-order valence-electron chi connectivity index (χ3n) is 14.9. The molecule has 2 aliphatic heterocycles. The molecule has 7 heteroatoms. The maximum Gasteiger partial charge on any atom is 0.100 e. The number of rotatable bonds is 10. The first-order valence-corrected chi connectivity index (χ1v) is 25.6. The fourth-order valence-electron chi connectivity index (χ4n) is 11.2. The van der Waals surface area contributed by atoms with Gasteiger partial charge in [0.2, 0.25) is 0 Å². The second kappa shape index (κ2) is 19.3. The summed E-state index contributed by atoms with van der Waals surface area (Å²) in [5.74, 6) is 0. The van der Waals surface area contributed by atoms with Crippen LogP contribution in [0.4, 0.5) is 56.9 Å². The van der Waals surface area contributed by atoms with E-state index >= 15 is 0 Å². The molecule has 0 amide bonds. The summed E-state index contributed by atoms with van der Waals surface area (Å²) in [6.45, 7) is 1.08. The van der Waals surface area contributed by atoms with E-state index in [-0.39, 0.29) is 0 Å². The van der Waals surface area contributed by atoms with Gasteiger partial charge in [-0.15, -0.1) is 0 Å². The standard InChI is InChI=1S/C69H51N7/c70-44-59-68(49-23-11-3-12-24-49)57(53-31-35-60(71)64(41-53)75-45-73(55-27-15-5-16-28-55)62-37-33-51(39-66(62)75)47-19-7-1-8-20-47)43-58(69(59)50-25-13-4-14-26-50)54-32-36-61(72)65(42-54)76-46-74(56-29-17-6-18-30-56)63-38-34-52(40-67(63)76)48-21-9-2-10-22-48/h1-43H,45-46,71-72H2. The van der Waals surface area contributed by atoms with Crippen LogP contribution in [0.25, 0.3) is 66.8 Å². The lowest BCUT2D eigenvalue weighted by atomic mass is 9.81. The van der Waals surface area contributed by atoms with E-state index in [1.54, 1.807) is 0 Å². The van der Waals surface area contributed by atoms with Crippen LogP contribution in [0.3, 0.4) is 0 Å². The first-order valence-electron chi connectivity index (χ1n) is 25.6. The van der Waals surface area contributed by atoms with Crippen LogP contribution in [0.1, 0.15) is 5.56 Å². The highest BCUT2D eigenvalue weighted by molar-refractivity contribution is 6.03. The van der Waals surface area contributed by atoms with Crippen molar-refractivity contribution in [2.24, 2.45) is 0 Å². The third kappa shape index (κ3) is 8.11. The summed E-state index contributed by atoms with van der Waals surface area (Å²) in [6, 6.07) is 93.6. The number of para-hydroxylation sites is 2. The number of hydrogen-bond donors (Lipinski definition) is 2. The normalized spacial score (nSPS) is 12.6. The molecular weight excluding hydrogens is 927 g/mol. The van der Waals surface area contributed by atoms with Crippen LogP contribution < -0.4 is 31.1 Å². The van der Waals surface area contributed by atoms with E-state index in [2.05, 4.69) is 214 Å². The smallest absolute Gasteiger partial charge is 0.100 e. The Morgan fingerprint density at radius 2 is 0.618 bits per heavy atom. The lowest BCUT2D eigenvalue weighted by Crippen LogP contribution is -2.24. The van der Waals surface area contributed by atoms with Crippen molar-refractivity contribution in [2.75, 3.05) is 44.4 Å². The second-order valence-electron chi connectivity index (χ2n) is 19.3. The molecule has 2 heterocycles. The van der Waals surface area contributed by atoms with Gasteiger partial charge in [0.15, 0.2) is 0 Å². The summed E-state index contributed by atoms with van der Waals surface area (Å²) in [6.07, 6.45) is 0. The molecule has 7 nitrogen and oxygen atoms in total. The summed E-state index contributed by atoms with van der Waals surface area (Å²) >= 11 is 0. The van der Waals surface area contributed by atoms with Crippen molar-refractivity contribution in [1.82, 2.24) is 0 Å². The van der Waals surface area contributed by atoms with Gasteiger partial charge in [-0.1, -0.05) is 182 Å². The fraction of sp³-hybridized carbons (Fsp3) is 0.0290. The largest absolute Gasteiger partial charge is 0.397 e. The van der Waals surface area contributed by atoms with Crippen LogP contribution in [0.2, 0.25) is 0 Å². The summed E-state index contributed by atoms with van der Waals surface area (Å²) in [5, 5.41) is 11.7. The van der Waals surface area contributed by atoms with Gasteiger partial charge in [0.05, 0.1) is 51.1 Å². The van der Waals surface area contributed by atoms with Crippen molar-refractivity contribution >= 4 is 56.9 Å². The Bertz CT molecular complexity index is 3720. The predicted octanol–water partition coefficient (Wildman–Crippen LogP) is 17.2. The van der Waals surface area contributed by atoms with E-state index in [4.69, 9.17) is 11.5 Å². The molecular formula is C69H51N7. The van der Waals surface area contributed by atoms with Gasteiger partial charge in [0, 0.05) is 22.5 Å². The summed E-state index contributed by atoms with van der Waals surface area (Å²) in [5.41, 5.74) is 36.1. The van der Waals surface area contributed by atoms with Crippen LogP contribution in [0.5, 0.6) is 0 Å². The lowest BCUT2D eigenvalue weighted by molar-refractivity contribution is 0.992. The average Bonchev–Trinajstić information content (AvgIpc) is 4.11. The Labute approximate surface area is 443 Å². The molecule has 0 saturated carbocycles. The predicted molar refractivity (Wildman–Crippen MR) is 317 cm³/mol. The van der Waals surface area contributed by atoms with Crippen molar-refractivity contribution < 1.29 is 0 Å². The Morgan fingerprint density at radius 1 is 0.289 bits per heavy atom. The Balaban J connectivity index is 1.01. The minimum Gasteiger partial charge on any atom is -0.397 e. The van der Waals surface area contributed by atoms with E-state index in [1.165, 1.54) is 0 Å². The zero-order valence-electron chi connectivity index (χ0n) is 41.6. The van der Waals surface area contributed by atoms with E-state index in [0.29, 0.717) is 30.3 Å². The van der Waals surface area contributed by atoms with Gasteiger partial charge in [-0.3, -0.25) is 0 Å². The lowest BCUT2D eigenvalue weighted by Gasteiger charge is -2.26. The zero-order chi connectivity index (χ0) is 51.1. The molecule has 0 aromatic heterocycles. The molecule has 362 valence electrons.